The fraction of sp³-hybridized carbons (Fsp3) is 0.211. The standard InChI is InChI=1S/C19H16N4O/c24-12-7-5-11(6-8-12)18-14-4-2-1-3-13(14)17-15(20-18)9-10-16-19(17)22-23-21-16/h5-10,24H,1-4H2,(H,21,22,23). The van der Waals surface area contributed by atoms with E-state index in [2.05, 4.69) is 15.4 Å². The molecule has 0 fully saturated rings. The van der Waals surface area contributed by atoms with E-state index in [1.165, 1.54) is 24.0 Å². The number of aromatic nitrogens is 4. The highest BCUT2D eigenvalue weighted by molar-refractivity contribution is 6.05. The van der Waals surface area contributed by atoms with Gasteiger partial charge in [0.1, 0.15) is 11.3 Å². The average Bonchev–Trinajstić information content (AvgIpc) is 3.10. The second kappa shape index (κ2) is 5.03. The third-order valence-corrected chi connectivity index (χ3v) is 4.90. The lowest BCUT2D eigenvalue weighted by molar-refractivity contribution is 0.475. The molecule has 0 unspecified atom stereocenters. The van der Waals surface area contributed by atoms with Gasteiger partial charge in [-0.25, -0.2) is 4.98 Å². The van der Waals surface area contributed by atoms with Crippen LogP contribution in [-0.2, 0) is 12.8 Å². The molecule has 0 amide bonds. The van der Waals surface area contributed by atoms with Crippen molar-refractivity contribution in [3.05, 3.63) is 47.5 Å². The molecule has 0 atom stereocenters. The van der Waals surface area contributed by atoms with Crippen LogP contribution in [0.3, 0.4) is 0 Å². The number of phenolic OH excluding ortho intramolecular Hbond substituents is 1. The zero-order valence-electron chi connectivity index (χ0n) is 13.1. The van der Waals surface area contributed by atoms with Crippen molar-refractivity contribution >= 4 is 21.9 Å². The van der Waals surface area contributed by atoms with Gasteiger partial charge in [0.2, 0.25) is 0 Å². The number of nitrogens with zero attached hydrogens (tertiary/aromatic N) is 3. The summed E-state index contributed by atoms with van der Waals surface area (Å²) >= 11 is 0. The van der Waals surface area contributed by atoms with E-state index < -0.39 is 0 Å². The second-order valence-electron chi connectivity index (χ2n) is 6.34. The van der Waals surface area contributed by atoms with Gasteiger partial charge < -0.3 is 5.11 Å². The van der Waals surface area contributed by atoms with Crippen LogP contribution in [0.15, 0.2) is 36.4 Å². The number of aromatic amines is 1. The van der Waals surface area contributed by atoms with Crippen LogP contribution in [0.25, 0.3) is 33.2 Å². The summed E-state index contributed by atoms with van der Waals surface area (Å²) in [5, 5.41) is 21.9. The predicted molar refractivity (Wildman–Crippen MR) is 92.9 cm³/mol. The van der Waals surface area contributed by atoms with Crippen molar-refractivity contribution in [1.29, 1.82) is 0 Å². The average molecular weight is 316 g/mol. The van der Waals surface area contributed by atoms with Crippen LogP contribution < -0.4 is 0 Å². The summed E-state index contributed by atoms with van der Waals surface area (Å²) in [7, 11) is 0. The molecule has 118 valence electrons. The Kier molecular flexibility index (Phi) is 2.82. The number of H-pyrrole nitrogens is 1. The number of phenols is 1. The topological polar surface area (TPSA) is 74.7 Å². The summed E-state index contributed by atoms with van der Waals surface area (Å²) in [6.45, 7) is 0. The first-order chi connectivity index (χ1) is 11.8. The molecule has 0 aliphatic heterocycles. The van der Waals surface area contributed by atoms with Crippen LogP contribution in [-0.4, -0.2) is 25.5 Å². The fourth-order valence-corrected chi connectivity index (χ4v) is 3.78. The van der Waals surface area contributed by atoms with Gasteiger partial charge in [0.25, 0.3) is 0 Å². The maximum Gasteiger partial charge on any atom is 0.122 e. The maximum absolute atomic E-state index is 9.57. The Hall–Kier alpha value is -2.95. The molecule has 0 radical (unpaired) electrons. The lowest BCUT2D eigenvalue weighted by Gasteiger charge is -2.21. The number of aryl methyl sites for hydroxylation is 1. The monoisotopic (exact) mass is 316 g/mol. The lowest BCUT2D eigenvalue weighted by atomic mass is 9.86. The fourth-order valence-electron chi connectivity index (χ4n) is 3.78. The molecule has 0 saturated heterocycles. The number of pyridine rings is 1. The minimum absolute atomic E-state index is 0.276. The number of nitrogens with one attached hydrogen (secondary N) is 1. The molecule has 0 bridgehead atoms. The molecule has 0 spiro atoms. The summed E-state index contributed by atoms with van der Waals surface area (Å²) < 4.78 is 0. The van der Waals surface area contributed by atoms with Crippen LogP contribution in [0, 0.1) is 0 Å². The number of fused-ring (bicyclic) bond motifs is 5. The quantitative estimate of drug-likeness (QED) is 0.561. The smallest absolute Gasteiger partial charge is 0.122 e. The van der Waals surface area contributed by atoms with Gasteiger partial charge >= 0.3 is 0 Å². The third-order valence-electron chi connectivity index (χ3n) is 4.90. The van der Waals surface area contributed by atoms with Gasteiger partial charge in [-0.2, -0.15) is 0 Å². The Balaban J connectivity index is 1.88. The molecule has 24 heavy (non-hydrogen) atoms. The van der Waals surface area contributed by atoms with Gasteiger partial charge in [0, 0.05) is 10.9 Å². The maximum atomic E-state index is 9.57. The molecule has 5 rings (SSSR count). The molecule has 5 heteroatoms. The van der Waals surface area contributed by atoms with Gasteiger partial charge in [0.15, 0.2) is 0 Å². The predicted octanol–water partition coefficient (Wildman–Crippen LogP) is 3.76. The molecule has 1 aliphatic rings. The van der Waals surface area contributed by atoms with Crippen molar-refractivity contribution < 1.29 is 5.11 Å². The SMILES string of the molecule is Oc1ccc(-c2nc3ccc4[nH]nnc4c3c3c2CCCC3)cc1. The molecule has 0 saturated carbocycles. The second-order valence-corrected chi connectivity index (χ2v) is 6.34. The summed E-state index contributed by atoms with van der Waals surface area (Å²) in [6, 6.07) is 11.3. The van der Waals surface area contributed by atoms with Gasteiger partial charge in [-0.3, -0.25) is 5.10 Å². The van der Waals surface area contributed by atoms with Crippen LogP contribution in [0.5, 0.6) is 5.75 Å². The van der Waals surface area contributed by atoms with Crippen molar-refractivity contribution in [3.63, 3.8) is 0 Å². The van der Waals surface area contributed by atoms with Crippen LogP contribution in [0.2, 0.25) is 0 Å². The van der Waals surface area contributed by atoms with E-state index in [9.17, 15) is 5.11 Å². The van der Waals surface area contributed by atoms with Gasteiger partial charge in [-0.1, -0.05) is 5.21 Å². The first-order valence-corrected chi connectivity index (χ1v) is 8.26. The number of aromatic hydroxyl groups is 1. The Morgan fingerprint density at radius 2 is 1.71 bits per heavy atom. The highest BCUT2D eigenvalue weighted by Gasteiger charge is 2.21. The summed E-state index contributed by atoms with van der Waals surface area (Å²) in [5.41, 5.74) is 7.57. The number of rotatable bonds is 1. The van der Waals surface area contributed by atoms with Crippen LogP contribution in [0.1, 0.15) is 24.0 Å². The van der Waals surface area contributed by atoms with Crippen molar-refractivity contribution in [2.45, 2.75) is 25.7 Å². The van der Waals surface area contributed by atoms with E-state index in [4.69, 9.17) is 4.98 Å². The normalized spacial score (nSPS) is 14.2. The van der Waals surface area contributed by atoms with E-state index in [0.29, 0.717) is 0 Å². The van der Waals surface area contributed by atoms with Crippen molar-refractivity contribution in [2.75, 3.05) is 0 Å². The zero-order chi connectivity index (χ0) is 16.1. The molecule has 4 aromatic rings. The Morgan fingerprint density at radius 1 is 0.917 bits per heavy atom. The molecule has 2 heterocycles. The Labute approximate surface area is 138 Å². The largest absolute Gasteiger partial charge is 0.508 e. The minimum atomic E-state index is 0.276. The van der Waals surface area contributed by atoms with Crippen LogP contribution in [0.4, 0.5) is 0 Å². The zero-order valence-corrected chi connectivity index (χ0v) is 13.1. The molecule has 2 aromatic heterocycles. The van der Waals surface area contributed by atoms with E-state index in [1.54, 1.807) is 12.1 Å². The van der Waals surface area contributed by atoms with E-state index in [-0.39, 0.29) is 5.75 Å². The highest BCUT2D eigenvalue weighted by Crippen LogP contribution is 2.37. The number of hydrogen-bond donors (Lipinski definition) is 2. The highest BCUT2D eigenvalue weighted by atomic mass is 16.3. The molecule has 2 aromatic carbocycles. The lowest BCUT2D eigenvalue weighted by Crippen LogP contribution is -2.08. The van der Waals surface area contributed by atoms with E-state index in [0.717, 1.165) is 46.0 Å². The van der Waals surface area contributed by atoms with Crippen LogP contribution >= 0.6 is 0 Å². The third kappa shape index (κ3) is 1.91. The Morgan fingerprint density at radius 3 is 2.54 bits per heavy atom. The minimum Gasteiger partial charge on any atom is -0.508 e. The Bertz CT molecular complexity index is 1070. The summed E-state index contributed by atoms with van der Waals surface area (Å²) in [4.78, 5) is 4.95. The van der Waals surface area contributed by atoms with E-state index >= 15 is 0 Å². The van der Waals surface area contributed by atoms with Crippen molar-refractivity contribution in [2.24, 2.45) is 0 Å². The first kappa shape index (κ1) is 13.5. The van der Waals surface area contributed by atoms with Crippen molar-refractivity contribution in [1.82, 2.24) is 20.4 Å². The van der Waals surface area contributed by atoms with Gasteiger partial charge in [0.05, 0.1) is 16.7 Å². The molecular formula is C19H16N4O. The van der Waals surface area contributed by atoms with E-state index in [1.807, 2.05) is 24.3 Å². The molecule has 5 nitrogen and oxygen atoms in total. The summed E-state index contributed by atoms with van der Waals surface area (Å²) in [5.74, 6) is 0.276. The summed E-state index contributed by atoms with van der Waals surface area (Å²) in [6.07, 6.45) is 4.45. The number of hydrogen-bond acceptors (Lipinski definition) is 4. The number of benzene rings is 2. The van der Waals surface area contributed by atoms with Crippen molar-refractivity contribution in [3.8, 4) is 17.0 Å². The molecule has 1 aliphatic carbocycles. The van der Waals surface area contributed by atoms with Gasteiger partial charge in [-0.15, -0.1) is 5.10 Å². The molecular weight excluding hydrogens is 300 g/mol. The van der Waals surface area contributed by atoms with Gasteiger partial charge in [-0.05, 0) is 73.2 Å². The molecule has 2 N–H and O–H groups in total. The first-order valence-electron chi connectivity index (χ1n) is 8.26.